The first kappa shape index (κ1) is 21.3. The minimum atomic E-state index is -1.35. The Bertz CT molecular complexity index is 326. The number of carbonyl (C=O) groups excluding carboxylic acids is 3. The number of quaternary nitrogens is 1. The maximum atomic E-state index is 11.3. The van der Waals surface area contributed by atoms with Crippen molar-refractivity contribution < 1.29 is 85.2 Å². The second-order valence-electron chi connectivity index (χ2n) is 5.03. The van der Waals surface area contributed by atoms with Gasteiger partial charge in [-0.2, -0.15) is 0 Å². The number of likely N-dealkylation sites (N-methyl/N-ethyl adjacent to an activating group) is 1. The normalized spacial score (nSPS) is 12.2. The van der Waals surface area contributed by atoms with Gasteiger partial charge in [-0.1, -0.05) is 0 Å². The number of nitrogens with zero attached hydrogens (tertiary/aromatic N) is 1. The van der Waals surface area contributed by atoms with E-state index in [-0.39, 0.29) is 57.8 Å². The third-order valence-electron chi connectivity index (χ3n) is 1.98. The van der Waals surface area contributed by atoms with Crippen LogP contribution in [0, 0.1) is 0 Å². The Morgan fingerprint density at radius 1 is 1.05 bits per heavy atom. The summed E-state index contributed by atoms with van der Waals surface area (Å²) in [6.45, 7) is 0.297. The fourth-order valence-electron chi connectivity index (χ4n) is 1.39. The van der Waals surface area contributed by atoms with Crippen LogP contribution in [0.1, 0.15) is 19.3 Å². The van der Waals surface area contributed by atoms with Gasteiger partial charge in [0.2, 0.25) is 0 Å². The summed E-state index contributed by atoms with van der Waals surface area (Å²) >= 11 is 0. The van der Waals surface area contributed by atoms with Crippen LogP contribution in [0.2, 0.25) is 0 Å². The largest absolute Gasteiger partial charge is 1.00 e. The first-order valence-electron chi connectivity index (χ1n) is 5.50. The van der Waals surface area contributed by atoms with Gasteiger partial charge in [-0.15, -0.1) is 0 Å². The smallest absolute Gasteiger partial charge is 0.550 e. The molecule has 7 nitrogen and oxygen atoms in total. The van der Waals surface area contributed by atoms with E-state index in [4.69, 9.17) is 4.74 Å². The minimum Gasteiger partial charge on any atom is -0.550 e. The SMILES string of the molecule is C[N+](C)(C)C[C@@H](CC(=O)[O-])OC(=O)CCC(=O)[O-].[K+]. The number of rotatable bonds is 8. The fourth-order valence-corrected chi connectivity index (χ4v) is 1.39. The summed E-state index contributed by atoms with van der Waals surface area (Å²) in [4.78, 5) is 32.0. The number of ether oxygens (including phenoxy) is 1. The first-order valence-corrected chi connectivity index (χ1v) is 5.50. The summed E-state index contributed by atoms with van der Waals surface area (Å²) in [6, 6.07) is 0. The molecule has 0 saturated heterocycles. The second-order valence-corrected chi connectivity index (χ2v) is 5.03. The van der Waals surface area contributed by atoms with Crippen molar-refractivity contribution in [3.63, 3.8) is 0 Å². The van der Waals surface area contributed by atoms with E-state index in [9.17, 15) is 24.6 Å². The molecule has 0 unspecified atom stereocenters. The molecule has 0 fully saturated rings. The zero-order valence-corrected chi connectivity index (χ0v) is 14.9. The van der Waals surface area contributed by atoms with Crippen molar-refractivity contribution in [3.8, 4) is 0 Å². The molecule has 104 valence electrons. The van der Waals surface area contributed by atoms with Gasteiger partial charge in [0.25, 0.3) is 0 Å². The Labute approximate surface area is 154 Å². The van der Waals surface area contributed by atoms with Crippen molar-refractivity contribution in [2.75, 3.05) is 27.7 Å². The third-order valence-corrected chi connectivity index (χ3v) is 1.98. The van der Waals surface area contributed by atoms with Crippen LogP contribution in [0.4, 0.5) is 0 Å². The number of hydrogen-bond donors (Lipinski definition) is 0. The van der Waals surface area contributed by atoms with Crippen LogP contribution >= 0.6 is 0 Å². The standard InChI is InChI=1S/C11H19NO6.K/c1-12(2,3)7-8(6-10(15)16)18-11(17)5-4-9(13)14;/h8H,4-7H2,1-3H3,(H-,13,14,15,16);/q;+1/p-1/t8-;/m1./s1. The molecule has 0 aromatic heterocycles. The average Bonchev–Trinajstić information content (AvgIpc) is 2.10. The summed E-state index contributed by atoms with van der Waals surface area (Å²) in [6.07, 6.45) is -2.01. The van der Waals surface area contributed by atoms with Gasteiger partial charge in [0.15, 0.2) is 6.10 Å². The van der Waals surface area contributed by atoms with Gasteiger partial charge in [0.1, 0.15) is 6.54 Å². The van der Waals surface area contributed by atoms with E-state index in [1.165, 1.54) is 0 Å². The molecule has 0 aliphatic carbocycles. The Morgan fingerprint density at radius 2 is 1.58 bits per heavy atom. The molecule has 0 radical (unpaired) electrons. The van der Waals surface area contributed by atoms with Gasteiger partial charge in [-0.25, -0.2) is 0 Å². The molecule has 19 heavy (non-hydrogen) atoms. The zero-order valence-electron chi connectivity index (χ0n) is 11.8. The molecule has 0 bridgehead atoms. The second kappa shape index (κ2) is 9.84. The molecule has 0 heterocycles. The molecule has 0 N–H and O–H groups in total. The van der Waals surface area contributed by atoms with Crippen LogP contribution in [0.15, 0.2) is 0 Å². The summed E-state index contributed by atoms with van der Waals surface area (Å²) in [5, 5.41) is 20.7. The van der Waals surface area contributed by atoms with E-state index in [2.05, 4.69) is 0 Å². The Hall–Kier alpha value is 0.00636. The molecule has 0 saturated carbocycles. The van der Waals surface area contributed by atoms with Gasteiger partial charge >= 0.3 is 57.4 Å². The van der Waals surface area contributed by atoms with Crippen LogP contribution in [0.5, 0.6) is 0 Å². The van der Waals surface area contributed by atoms with E-state index in [0.717, 1.165) is 0 Å². The topological polar surface area (TPSA) is 107 Å². The quantitative estimate of drug-likeness (QED) is 0.251. The zero-order chi connectivity index (χ0) is 14.3. The Morgan fingerprint density at radius 3 is 1.95 bits per heavy atom. The summed E-state index contributed by atoms with van der Waals surface area (Å²) in [5.41, 5.74) is 0. The molecule has 0 rings (SSSR count). The maximum absolute atomic E-state index is 11.3. The van der Waals surface area contributed by atoms with Gasteiger partial charge < -0.3 is 29.0 Å². The molecular formula is C11H18KNO6. The number of hydrogen-bond acceptors (Lipinski definition) is 6. The molecule has 0 amide bonds. The molecule has 0 aromatic rings. The average molecular weight is 299 g/mol. The molecule has 1 atom stereocenters. The van der Waals surface area contributed by atoms with Gasteiger partial charge in [-0.3, -0.25) is 4.79 Å². The number of carbonyl (C=O) groups is 3. The van der Waals surface area contributed by atoms with E-state index in [1.54, 1.807) is 0 Å². The monoisotopic (exact) mass is 299 g/mol. The molecule has 0 aromatic carbocycles. The van der Waals surface area contributed by atoms with Crippen LogP contribution in [-0.4, -0.2) is 56.2 Å². The van der Waals surface area contributed by atoms with Crippen molar-refractivity contribution in [1.29, 1.82) is 0 Å². The number of aliphatic carboxylic acids is 2. The van der Waals surface area contributed by atoms with Crippen molar-refractivity contribution in [1.82, 2.24) is 0 Å². The van der Waals surface area contributed by atoms with Crippen LogP contribution in [0.3, 0.4) is 0 Å². The van der Waals surface area contributed by atoms with Crippen molar-refractivity contribution >= 4 is 17.9 Å². The maximum Gasteiger partial charge on any atom is 1.00 e. The van der Waals surface area contributed by atoms with E-state index in [0.29, 0.717) is 11.0 Å². The summed E-state index contributed by atoms with van der Waals surface area (Å²) in [5.74, 6) is -3.42. The van der Waals surface area contributed by atoms with Crippen LogP contribution in [-0.2, 0) is 19.1 Å². The first-order chi connectivity index (χ1) is 8.10. The van der Waals surface area contributed by atoms with E-state index < -0.39 is 36.9 Å². The number of carboxylic acids is 2. The van der Waals surface area contributed by atoms with Crippen molar-refractivity contribution in [2.45, 2.75) is 25.4 Å². The molecule has 0 aliphatic rings. The van der Waals surface area contributed by atoms with Gasteiger partial charge in [0, 0.05) is 18.4 Å². The summed E-state index contributed by atoms with van der Waals surface area (Å²) < 4.78 is 5.33. The number of esters is 1. The van der Waals surface area contributed by atoms with Gasteiger partial charge in [0.05, 0.1) is 27.6 Å². The van der Waals surface area contributed by atoms with Crippen molar-refractivity contribution in [2.24, 2.45) is 0 Å². The van der Waals surface area contributed by atoms with Crippen LogP contribution in [0.25, 0.3) is 0 Å². The number of carboxylic acid groups (broad SMARTS) is 2. The Balaban J connectivity index is 0. The van der Waals surface area contributed by atoms with Gasteiger partial charge in [-0.05, 0) is 6.42 Å². The Kier molecular flexibility index (Phi) is 11.0. The van der Waals surface area contributed by atoms with Crippen molar-refractivity contribution in [3.05, 3.63) is 0 Å². The summed E-state index contributed by atoms with van der Waals surface area (Å²) in [7, 11) is 5.45. The molecular weight excluding hydrogens is 281 g/mol. The predicted octanol–water partition coefficient (Wildman–Crippen LogP) is -5.72. The van der Waals surface area contributed by atoms with Crippen LogP contribution < -0.4 is 61.6 Å². The third kappa shape index (κ3) is 14.2. The van der Waals surface area contributed by atoms with E-state index in [1.807, 2.05) is 21.1 Å². The predicted molar refractivity (Wildman–Crippen MR) is 56.6 cm³/mol. The molecule has 0 spiro atoms. The molecule has 8 heteroatoms. The minimum absolute atomic E-state index is 0. The van der Waals surface area contributed by atoms with E-state index >= 15 is 0 Å². The fraction of sp³-hybridized carbons (Fsp3) is 0.727. The molecule has 0 aliphatic heterocycles.